The molecule has 0 radical (unpaired) electrons. The SMILES string of the molecule is CCN(CCC(=O)O)C(=O)COC1CCCC1. The molecule has 0 aromatic heterocycles. The summed E-state index contributed by atoms with van der Waals surface area (Å²) in [6.07, 6.45) is 4.63. The largest absolute Gasteiger partial charge is 0.481 e. The third-order valence-corrected chi connectivity index (χ3v) is 3.07. The molecule has 5 heteroatoms. The molecular formula is C12H21NO4. The average Bonchev–Trinajstić information content (AvgIpc) is 2.79. The van der Waals surface area contributed by atoms with E-state index in [1.807, 2.05) is 6.92 Å². The van der Waals surface area contributed by atoms with Crippen molar-refractivity contribution in [3.63, 3.8) is 0 Å². The fraction of sp³-hybridized carbons (Fsp3) is 0.833. The van der Waals surface area contributed by atoms with E-state index < -0.39 is 5.97 Å². The summed E-state index contributed by atoms with van der Waals surface area (Å²) in [7, 11) is 0. The van der Waals surface area contributed by atoms with Gasteiger partial charge in [0.25, 0.3) is 0 Å². The number of carboxylic acids is 1. The van der Waals surface area contributed by atoms with E-state index in [-0.39, 0.29) is 31.6 Å². The van der Waals surface area contributed by atoms with Gasteiger partial charge in [-0.3, -0.25) is 9.59 Å². The molecule has 1 aliphatic rings. The minimum Gasteiger partial charge on any atom is -0.481 e. The van der Waals surface area contributed by atoms with Gasteiger partial charge in [0.2, 0.25) is 5.91 Å². The molecule has 0 unspecified atom stereocenters. The average molecular weight is 243 g/mol. The fourth-order valence-electron chi connectivity index (χ4n) is 2.03. The van der Waals surface area contributed by atoms with Crippen LogP contribution in [0.5, 0.6) is 0 Å². The van der Waals surface area contributed by atoms with Gasteiger partial charge in [0.1, 0.15) is 6.61 Å². The van der Waals surface area contributed by atoms with Gasteiger partial charge in [-0.05, 0) is 19.8 Å². The van der Waals surface area contributed by atoms with Gasteiger partial charge in [-0.15, -0.1) is 0 Å². The van der Waals surface area contributed by atoms with Crippen LogP contribution in [0.2, 0.25) is 0 Å². The summed E-state index contributed by atoms with van der Waals surface area (Å²) < 4.78 is 5.52. The number of nitrogens with zero attached hydrogens (tertiary/aromatic N) is 1. The number of rotatable bonds is 7. The predicted molar refractivity (Wildman–Crippen MR) is 62.7 cm³/mol. The zero-order chi connectivity index (χ0) is 12.7. The molecule has 1 aliphatic carbocycles. The highest BCUT2D eigenvalue weighted by Gasteiger charge is 2.19. The first kappa shape index (κ1) is 14.0. The van der Waals surface area contributed by atoms with Crippen LogP contribution in [0.3, 0.4) is 0 Å². The second kappa shape index (κ2) is 7.27. The third-order valence-electron chi connectivity index (χ3n) is 3.07. The highest BCUT2D eigenvalue weighted by atomic mass is 16.5. The molecule has 17 heavy (non-hydrogen) atoms. The monoisotopic (exact) mass is 243 g/mol. The van der Waals surface area contributed by atoms with Gasteiger partial charge in [0, 0.05) is 13.1 Å². The van der Waals surface area contributed by atoms with Gasteiger partial charge in [0.15, 0.2) is 0 Å². The summed E-state index contributed by atoms with van der Waals surface area (Å²) in [6.45, 7) is 2.71. The van der Waals surface area contributed by atoms with Crippen molar-refractivity contribution in [3.05, 3.63) is 0 Å². The van der Waals surface area contributed by atoms with E-state index in [0.29, 0.717) is 6.54 Å². The van der Waals surface area contributed by atoms with Gasteiger partial charge in [-0.1, -0.05) is 12.8 Å². The second-order valence-corrected chi connectivity index (χ2v) is 4.33. The van der Waals surface area contributed by atoms with E-state index in [1.54, 1.807) is 0 Å². The van der Waals surface area contributed by atoms with Crippen LogP contribution in [0.25, 0.3) is 0 Å². The summed E-state index contributed by atoms with van der Waals surface area (Å²) in [5.41, 5.74) is 0. The number of likely N-dealkylation sites (N-methyl/N-ethyl adjacent to an activating group) is 1. The third kappa shape index (κ3) is 5.17. The van der Waals surface area contributed by atoms with Crippen molar-refractivity contribution in [3.8, 4) is 0 Å². The van der Waals surface area contributed by atoms with Crippen molar-refractivity contribution in [1.82, 2.24) is 4.90 Å². The van der Waals surface area contributed by atoms with E-state index in [2.05, 4.69) is 0 Å². The summed E-state index contributed by atoms with van der Waals surface area (Å²) in [6, 6.07) is 0. The Morgan fingerprint density at radius 1 is 1.35 bits per heavy atom. The standard InChI is InChI=1S/C12H21NO4/c1-2-13(8-7-12(15)16)11(14)9-17-10-5-3-4-6-10/h10H,2-9H2,1H3,(H,15,16). The summed E-state index contributed by atoms with van der Waals surface area (Å²) >= 11 is 0. The number of amides is 1. The molecule has 1 fully saturated rings. The van der Waals surface area contributed by atoms with Crippen LogP contribution >= 0.6 is 0 Å². The molecule has 0 atom stereocenters. The molecule has 0 aliphatic heterocycles. The van der Waals surface area contributed by atoms with E-state index >= 15 is 0 Å². The molecule has 0 bridgehead atoms. The molecular weight excluding hydrogens is 222 g/mol. The smallest absolute Gasteiger partial charge is 0.305 e. The topological polar surface area (TPSA) is 66.8 Å². The summed E-state index contributed by atoms with van der Waals surface area (Å²) in [5, 5.41) is 8.57. The fourth-order valence-corrected chi connectivity index (χ4v) is 2.03. The van der Waals surface area contributed by atoms with Gasteiger partial charge in [0.05, 0.1) is 12.5 Å². The lowest BCUT2D eigenvalue weighted by Gasteiger charge is -2.21. The lowest BCUT2D eigenvalue weighted by molar-refractivity contribution is -0.140. The molecule has 0 heterocycles. The molecule has 1 rings (SSSR count). The van der Waals surface area contributed by atoms with Crippen LogP contribution in [0, 0.1) is 0 Å². The Bertz CT molecular complexity index is 261. The maximum Gasteiger partial charge on any atom is 0.305 e. The minimum absolute atomic E-state index is 0.0109. The van der Waals surface area contributed by atoms with E-state index in [4.69, 9.17) is 9.84 Å². The Hall–Kier alpha value is -1.10. The normalized spacial score (nSPS) is 16.1. The van der Waals surface area contributed by atoms with Crippen LogP contribution in [-0.2, 0) is 14.3 Å². The first-order valence-electron chi connectivity index (χ1n) is 6.24. The molecule has 0 aromatic carbocycles. The predicted octanol–water partition coefficient (Wildman–Crippen LogP) is 1.27. The number of hydrogen-bond acceptors (Lipinski definition) is 3. The van der Waals surface area contributed by atoms with Crippen LogP contribution in [0.1, 0.15) is 39.0 Å². The van der Waals surface area contributed by atoms with E-state index in [9.17, 15) is 9.59 Å². The summed E-state index contributed by atoms with van der Waals surface area (Å²) in [5.74, 6) is -0.992. The van der Waals surface area contributed by atoms with Gasteiger partial charge < -0.3 is 14.7 Å². The Labute approximate surface area is 102 Å². The number of ether oxygens (including phenoxy) is 1. The minimum atomic E-state index is -0.882. The van der Waals surface area contributed by atoms with Crippen LogP contribution < -0.4 is 0 Å². The lowest BCUT2D eigenvalue weighted by Crippen LogP contribution is -2.36. The van der Waals surface area contributed by atoms with Crippen molar-refractivity contribution in [2.24, 2.45) is 0 Å². The molecule has 1 amide bonds. The van der Waals surface area contributed by atoms with Crippen molar-refractivity contribution in [1.29, 1.82) is 0 Å². The molecule has 0 spiro atoms. The Morgan fingerprint density at radius 3 is 2.53 bits per heavy atom. The van der Waals surface area contributed by atoms with E-state index in [0.717, 1.165) is 12.8 Å². The maximum absolute atomic E-state index is 11.8. The van der Waals surface area contributed by atoms with Crippen molar-refractivity contribution >= 4 is 11.9 Å². The van der Waals surface area contributed by atoms with Crippen LogP contribution in [0.4, 0.5) is 0 Å². The first-order valence-corrected chi connectivity index (χ1v) is 6.24. The van der Waals surface area contributed by atoms with Crippen molar-refractivity contribution in [2.45, 2.75) is 45.1 Å². The van der Waals surface area contributed by atoms with Gasteiger partial charge in [-0.2, -0.15) is 0 Å². The van der Waals surface area contributed by atoms with Gasteiger partial charge >= 0.3 is 5.97 Å². The Kier molecular flexibility index (Phi) is 5.97. The summed E-state index contributed by atoms with van der Waals surface area (Å²) in [4.78, 5) is 23.7. The quantitative estimate of drug-likeness (QED) is 0.731. The molecule has 1 N–H and O–H groups in total. The first-order chi connectivity index (χ1) is 8.13. The Morgan fingerprint density at radius 2 is 2.00 bits per heavy atom. The molecule has 0 aromatic rings. The molecule has 98 valence electrons. The van der Waals surface area contributed by atoms with Crippen LogP contribution in [-0.4, -0.2) is 47.7 Å². The van der Waals surface area contributed by atoms with Crippen LogP contribution in [0.15, 0.2) is 0 Å². The molecule has 1 saturated carbocycles. The highest BCUT2D eigenvalue weighted by Crippen LogP contribution is 2.20. The van der Waals surface area contributed by atoms with Crippen molar-refractivity contribution in [2.75, 3.05) is 19.7 Å². The van der Waals surface area contributed by atoms with Gasteiger partial charge in [-0.25, -0.2) is 0 Å². The second-order valence-electron chi connectivity index (χ2n) is 4.33. The lowest BCUT2D eigenvalue weighted by atomic mass is 10.3. The number of aliphatic carboxylic acids is 1. The molecule has 0 saturated heterocycles. The number of hydrogen-bond donors (Lipinski definition) is 1. The number of carboxylic acid groups (broad SMARTS) is 1. The number of carbonyl (C=O) groups excluding carboxylic acids is 1. The molecule has 5 nitrogen and oxygen atoms in total. The van der Waals surface area contributed by atoms with Crippen molar-refractivity contribution < 1.29 is 19.4 Å². The highest BCUT2D eigenvalue weighted by molar-refractivity contribution is 5.78. The maximum atomic E-state index is 11.8. The zero-order valence-corrected chi connectivity index (χ0v) is 10.4. The number of carbonyl (C=O) groups is 2. The Balaban J connectivity index is 2.24. The zero-order valence-electron chi connectivity index (χ0n) is 10.4. The van der Waals surface area contributed by atoms with E-state index in [1.165, 1.54) is 17.7 Å².